The second kappa shape index (κ2) is 23.0. The number of benzene rings is 5. The second-order valence-corrected chi connectivity index (χ2v) is 20.3. The molecule has 3 saturated heterocycles. The number of piperazine rings is 1. The molecule has 0 radical (unpaired) electrons. The molecule has 10 rings (SSSR count). The average molecular weight is 1050 g/mol. The third-order valence-electron chi connectivity index (χ3n) is 15.2. The Balaban J connectivity index is 1.23. The van der Waals surface area contributed by atoms with E-state index in [9.17, 15) is 9.90 Å². The van der Waals surface area contributed by atoms with Gasteiger partial charge in [0.2, 0.25) is 17.8 Å². The molecule has 4 amide bonds. The molecule has 0 bridgehead atoms. The minimum Gasteiger partial charge on any atom is -0.491 e. The molecule has 400 valence electrons. The van der Waals surface area contributed by atoms with E-state index < -0.39 is 77.3 Å². The number of nitrogens with zero attached hydrogens (tertiary/aromatic N) is 7. The summed E-state index contributed by atoms with van der Waals surface area (Å²) in [6, 6.07) is 37.1. The number of amides is 4. The van der Waals surface area contributed by atoms with Crippen molar-refractivity contribution in [2.24, 2.45) is 11.8 Å². The first-order chi connectivity index (χ1) is 38.0. The van der Waals surface area contributed by atoms with Gasteiger partial charge < -0.3 is 34.4 Å². The number of aromatic nitrogens is 2. The number of anilines is 2. The Morgan fingerprint density at radius 1 is 0.833 bits per heavy atom. The SMILES string of the molecule is COC(=O)[C@@H](NC(=O)N1C(=O)[C@@]2(c3cc(C#CCN(C)Cc4ccccc4)ccc31)[C@H](C(=O)N1CCN(c3ncccn3)CC1)[C@H]1C(=O)O[C@H](c3ccccc3)[C@H](c3ccccc3)N1[C@@H]2c1ccccc1OCCO)C(C)C. The van der Waals surface area contributed by atoms with Gasteiger partial charge >= 0.3 is 18.0 Å². The lowest BCUT2D eigenvalue weighted by Crippen LogP contribution is -2.60. The number of hydrogen-bond acceptors (Lipinski definition) is 14. The number of carbonyl (C=O) groups is 5. The van der Waals surface area contributed by atoms with Crippen LogP contribution in [0.3, 0.4) is 0 Å². The van der Waals surface area contributed by atoms with E-state index in [1.54, 1.807) is 79.7 Å². The van der Waals surface area contributed by atoms with Crippen LogP contribution in [-0.4, -0.2) is 132 Å². The Bertz CT molecular complexity index is 3210. The highest BCUT2D eigenvalue weighted by Crippen LogP contribution is 2.67. The summed E-state index contributed by atoms with van der Waals surface area (Å²) in [7, 11) is 3.19. The number of cyclic esters (lactones) is 1. The molecule has 17 nitrogen and oxygen atoms in total. The molecule has 0 saturated carbocycles. The van der Waals surface area contributed by atoms with Crippen LogP contribution in [0.5, 0.6) is 5.75 Å². The van der Waals surface area contributed by atoms with Crippen LogP contribution in [0.25, 0.3) is 0 Å². The molecule has 5 heterocycles. The zero-order valence-corrected chi connectivity index (χ0v) is 44.0. The van der Waals surface area contributed by atoms with Gasteiger partial charge in [0.25, 0.3) is 0 Å². The van der Waals surface area contributed by atoms with Crippen LogP contribution in [0.15, 0.2) is 152 Å². The molecule has 4 aliphatic rings. The van der Waals surface area contributed by atoms with Gasteiger partial charge in [0, 0.05) is 56.2 Å². The van der Waals surface area contributed by atoms with Crippen LogP contribution in [0.1, 0.15) is 65.4 Å². The van der Waals surface area contributed by atoms with Gasteiger partial charge in [-0.15, -0.1) is 0 Å². The molecule has 0 unspecified atom stereocenters. The third-order valence-corrected chi connectivity index (χ3v) is 15.2. The Labute approximate surface area is 453 Å². The molecule has 17 heteroatoms. The lowest BCUT2D eigenvalue weighted by molar-refractivity contribution is -0.179. The Morgan fingerprint density at radius 3 is 2.15 bits per heavy atom. The average Bonchev–Trinajstić information content (AvgIpc) is 2.42. The molecule has 1 spiro atoms. The van der Waals surface area contributed by atoms with E-state index in [0.29, 0.717) is 48.8 Å². The number of imide groups is 1. The predicted octanol–water partition coefficient (Wildman–Crippen LogP) is 6.25. The van der Waals surface area contributed by atoms with Crippen LogP contribution in [-0.2, 0) is 40.6 Å². The molecule has 4 aliphatic heterocycles. The van der Waals surface area contributed by atoms with Gasteiger partial charge in [-0.1, -0.05) is 135 Å². The zero-order chi connectivity index (χ0) is 54.5. The summed E-state index contributed by atoms with van der Waals surface area (Å²) >= 11 is 0. The summed E-state index contributed by atoms with van der Waals surface area (Å²) in [6.07, 6.45) is 2.33. The minimum absolute atomic E-state index is 0.128. The van der Waals surface area contributed by atoms with E-state index in [4.69, 9.17) is 14.2 Å². The third kappa shape index (κ3) is 9.94. The van der Waals surface area contributed by atoms with Crippen molar-refractivity contribution in [3.63, 3.8) is 0 Å². The number of ether oxygens (including phenoxy) is 3. The first-order valence-electron chi connectivity index (χ1n) is 26.3. The molecule has 7 atom stereocenters. The van der Waals surface area contributed by atoms with Crippen molar-refractivity contribution in [2.75, 3.05) is 69.9 Å². The summed E-state index contributed by atoms with van der Waals surface area (Å²) in [5.41, 5.74) is 1.63. The highest BCUT2D eigenvalue weighted by Gasteiger charge is 2.76. The second-order valence-electron chi connectivity index (χ2n) is 20.3. The van der Waals surface area contributed by atoms with Gasteiger partial charge in [0.1, 0.15) is 36.0 Å². The summed E-state index contributed by atoms with van der Waals surface area (Å²) in [6.45, 7) is 5.04. The molecule has 1 aromatic heterocycles. The van der Waals surface area contributed by atoms with Crippen molar-refractivity contribution in [3.05, 3.63) is 185 Å². The number of rotatable bonds is 14. The van der Waals surface area contributed by atoms with Crippen molar-refractivity contribution in [1.82, 2.24) is 30.0 Å². The quantitative estimate of drug-likeness (QED) is 0.0921. The summed E-state index contributed by atoms with van der Waals surface area (Å²) in [5, 5.41) is 13.1. The number of carbonyl (C=O) groups excluding carboxylic acids is 5. The zero-order valence-electron chi connectivity index (χ0n) is 44.0. The van der Waals surface area contributed by atoms with Gasteiger partial charge in [-0.05, 0) is 65.6 Å². The number of fused-ring (bicyclic) bond motifs is 3. The Hall–Kier alpha value is -8.43. The van der Waals surface area contributed by atoms with E-state index in [1.807, 2.05) is 108 Å². The molecular weight excluding hydrogens is 989 g/mol. The van der Waals surface area contributed by atoms with Crippen molar-refractivity contribution in [2.45, 2.75) is 56.1 Å². The van der Waals surface area contributed by atoms with Gasteiger partial charge in [0.05, 0.1) is 44.0 Å². The number of hydrogen-bond donors (Lipinski definition) is 2. The minimum atomic E-state index is -2.15. The molecule has 0 aliphatic carbocycles. The highest BCUT2D eigenvalue weighted by atomic mass is 16.6. The summed E-state index contributed by atoms with van der Waals surface area (Å²) in [5.74, 6) is 2.55. The number of para-hydroxylation sites is 1. The van der Waals surface area contributed by atoms with Gasteiger partial charge in [0.15, 0.2) is 0 Å². The lowest BCUT2D eigenvalue weighted by atomic mass is 9.64. The predicted molar refractivity (Wildman–Crippen MR) is 291 cm³/mol. The Kier molecular flexibility index (Phi) is 15.7. The van der Waals surface area contributed by atoms with E-state index >= 15 is 19.2 Å². The number of aliphatic hydroxyl groups is 1. The first kappa shape index (κ1) is 53.0. The van der Waals surface area contributed by atoms with Crippen molar-refractivity contribution in [1.29, 1.82) is 0 Å². The molecule has 2 N–H and O–H groups in total. The van der Waals surface area contributed by atoms with Gasteiger partial charge in [-0.25, -0.2) is 24.5 Å². The molecule has 6 aromatic rings. The van der Waals surface area contributed by atoms with Crippen LogP contribution in [0, 0.1) is 23.7 Å². The van der Waals surface area contributed by atoms with Crippen LogP contribution >= 0.6 is 0 Å². The van der Waals surface area contributed by atoms with Crippen molar-refractivity contribution >= 4 is 41.4 Å². The monoisotopic (exact) mass is 1050 g/mol. The largest absolute Gasteiger partial charge is 0.491 e. The summed E-state index contributed by atoms with van der Waals surface area (Å²) < 4.78 is 18.3. The van der Waals surface area contributed by atoms with E-state index in [2.05, 4.69) is 32.0 Å². The smallest absolute Gasteiger partial charge is 0.329 e. The molecule has 78 heavy (non-hydrogen) atoms. The number of urea groups is 1. The fourth-order valence-corrected chi connectivity index (χ4v) is 11.8. The van der Waals surface area contributed by atoms with Gasteiger partial charge in [-0.2, -0.15) is 0 Å². The van der Waals surface area contributed by atoms with Crippen LogP contribution < -0.4 is 19.9 Å². The van der Waals surface area contributed by atoms with E-state index in [-0.39, 0.29) is 43.3 Å². The normalized spacial score (nSPS) is 22.1. The number of methoxy groups -OCH3 is 1. The molecule has 5 aromatic carbocycles. The number of aliphatic hydroxyl groups excluding tert-OH is 1. The molecular formula is C61H62N8O9. The maximum Gasteiger partial charge on any atom is 0.329 e. The first-order valence-corrected chi connectivity index (χ1v) is 26.3. The Morgan fingerprint density at radius 2 is 1.49 bits per heavy atom. The van der Waals surface area contributed by atoms with E-state index in [0.717, 1.165) is 16.0 Å². The lowest BCUT2D eigenvalue weighted by Gasteiger charge is -2.46. The fourth-order valence-electron chi connectivity index (χ4n) is 11.8. The van der Waals surface area contributed by atoms with Crippen molar-refractivity contribution < 1.29 is 43.3 Å². The standard InChI is InChI=1S/C61H62N8O9/c1-40(2)50(56(72)76-4)64-60(75)68-47-28-27-41(20-16-31-65(3)39-42-18-8-5-9-19-42)38-46(47)61(58(68)74)49(55(71)66-32-34-67(35-33-66)59-62-29-17-30-63-59)52-57(73)78-53(44-23-12-7-13-24-44)51(43-21-10-6-11-22-43)69(52)54(61)45-25-14-15-26-48(45)77-37-36-70/h5-15,17-19,21-30,38,40,49-54,70H,31-37,39H2,1-4H3,(H,64,75)/t49-,50-,51-,52-,53+,54+,61-/m0/s1. The van der Waals surface area contributed by atoms with E-state index in [1.165, 1.54) is 7.11 Å². The van der Waals surface area contributed by atoms with Crippen molar-refractivity contribution in [3.8, 4) is 17.6 Å². The van der Waals surface area contributed by atoms with Gasteiger partial charge in [-0.3, -0.25) is 24.2 Å². The fraction of sp³-hybridized carbons (Fsp3) is 0.328. The molecule has 3 fully saturated rings. The summed E-state index contributed by atoms with van der Waals surface area (Å²) in [4.78, 5) is 95.7. The topological polar surface area (TPSA) is 187 Å². The van der Waals surface area contributed by atoms with Crippen LogP contribution in [0.2, 0.25) is 0 Å². The van der Waals surface area contributed by atoms with Crippen LogP contribution in [0.4, 0.5) is 16.4 Å². The number of esters is 2. The number of morpholine rings is 1. The maximum absolute atomic E-state index is 17.0. The highest BCUT2D eigenvalue weighted by molar-refractivity contribution is 6.25. The number of nitrogens with one attached hydrogen (secondary N) is 1. The maximum atomic E-state index is 17.0.